The van der Waals surface area contributed by atoms with Crippen LogP contribution in [0.2, 0.25) is 0 Å². The summed E-state index contributed by atoms with van der Waals surface area (Å²) < 4.78 is 5.77. The van der Waals surface area contributed by atoms with Crippen molar-refractivity contribution >= 4 is 0 Å². The van der Waals surface area contributed by atoms with Gasteiger partial charge in [-0.2, -0.15) is 5.26 Å². The number of unbranched alkanes of at least 4 members (excludes halogenated alkanes) is 1. The summed E-state index contributed by atoms with van der Waals surface area (Å²) in [6.07, 6.45) is 9.08. The molecule has 1 aliphatic rings. The number of nitriles is 1. The monoisotopic (exact) mass is 380 g/mol. The zero-order chi connectivity index (χ0) is 19.6. The van der Waals surface area contributed by atoms with E-state index in [9.17, 15) is 4.79 Å². The molecule has 3 heterocycles. The number of likely N-dealkylation sites (tertiary alicyclic amines) is 1. The van der Waals surface area contributed by atoms with E-state index in [1.54, 1.807) is 12.4 Å². The fourth-order valence-electron chi connectivity index (χ4n) is 3.68. The number of rotatable bonds is 9. The Morgan fingerprint density at radius 3 is 2.86 bits per heavy atom. The first-order valence-corrected chi connectivity index (χ1v) is 10.1. The van der Waals surface area contributed by atoms with Crippen molar-refractivity contribution in [2.45, 2.75) is 45.1 Å². The lowest BCUT2D eigenvalue weighted by molar-refractivity contribution is 0.171. The average Bonchev–Trinajstić information content (AvgIpc) is 2.73. The molecule has 0 spiro atoms. The highest BCUT2D eigenvalue weighted by atomic mass is 16.5. The molecular weight excluding hydrogens is 352 g/mol. The summed E-state index contributed by atoms with van der Waals surface area (Å²) in [7, 11) is 0. The van der Waals surface area contributed by atoms with Crippen LogP contribution in [-0.2, 0) is 13.0 Å². The molecule has 1 aliphatic heterocycles. The van der Waals surface area contributed by atoms with Gasteiger partial charge in [0.25, 0.3) is 5.56 Å². The number of nitrogens with one attached hydrogen (secondary N) is 1. The van der Waals surface area contributed by atoms with Crippen molar-refractivity contribution in [3.8, 4) is 11.9 Å². The number of aromatic amines is 1. The van der Waals surface area contributed by atoms with E-state index in [1.807, 2.05) is 18.2 Å². The van der Waals surface area contributed by atoms with Crippen LogP contribution in [0.3, 0.4) is 0 Å². The largest absolute Gasteiger partial charge is 0.477 e. The molecule has 6 heteroatoms. The molecule has 1 saturated heterocycles. The van der Waals surface area contributed by atoms with E-state index < -0.39 is 0 Å². The van der Waals surface area contributed by atoms with Crippen LogP contribution in [0.1, 0.15) is 43.2 Å². The summed E-state index contributed by atoms with van der Waals surface area (Å²) in [5, 5.41) is 8.62. The number of hydrogen-bond donors (Lipinski definition) is 1. The topological polar surface area (TPSA) is 82.0 Å². The zero-order valence-corrected chi connectivity index (χ0v) is 16.3. The molecule has 0 atom stereocenters. The first kappa shape index (κ1) is 20.1. The molecule has 28 heavy (non-hydrogen) atoms. The van der Waals surface area contributed by atoms with Crippen molar-refractivity contribution in [1.82, 2.24) is 14.9 Å². The van der Waals surface area contributed by atoms with Gasteiger partial charge in [0.1, 0.15) is 0 Å². The molecule has 0 unspecified atom stereocenters. The molecule has 0 amide bonds. The van der Waals surface area contributed by atoms with E-state index in [4.69, 9.17) is 10.00 Å². The highest BCUT2D eigenvalue weighted by molar-refractivity contribution is 5.25. The Morgan fingerprint density at radius 2 is 2.07 bits per heavy atom. The van der Waals surface area contributed by atoms with Gasteiger partial charge in [-0.1, -0.05) is 12.1 Å². The predicted molar refractivity (Wildman–Crippen MR) is 108 cm³/mol. The second kappa shape index (κ2) is 10.6. The minimum absolute atomic E-state index is 0.0171. The molecule has 148 valence electrons. The summed E-state index contributed by atoms with van der Waals surface area (Å²) in [5.74, 6) is 1.40. The minimum atomic E-state index is 0.0171. The van der Waals surface area contributed by atoms with Crippen molar-refractivity contribution in [2.24, 2.45) is 5.92 Å². The van der Waals surface area contributed by atoms with E-state index in [0.717, 1.165) is 62.9 Å². The lowest BCUT2D eigenvalue weighted by atomic mass is 9.90. The third-order valence-corrected chi connectivity index (χ3v) is 5.34. The van der Waals surface area contributed by atoms with Crippen LogP contribution in [-0.4, -0.2) is 34.6 Å². The number of aryl methyl sites for hydroxylation is 1. The predicted octanol–water partition coefficient (Wildman–Crippen LogP) is 3.30. The van der Waals surface area contributed by atoms with Gasteiger partial charge in [0, 0.05) is 36.5 Å². The Labute approximate surface area is 166 Å². The van der Waals surface area contributed by atoms with Crippen molar-refractivity contribution in [1.29, 1.82) is 5.26 Å². The molecular formula is C22H28N4O2. The maximum atomic E-state index is 11.8. The SMILES string of the molecule is N#CCCCOc1ncccc1CCC1CCN(Cc2ccc[nH]c2=O)CC1. The van der Waals surface area contributed by atoms with Gasteiger partial charge in [0.15, 0.2) is 0 Å². The van der Waals surface area contributed by atoms with Crippen LogP contribution in [0.4, 0.5) is 0 Å². The van der Waals surface area contributed by atoms with E-state index in [-0.39, 0.29) is 5.56 Å². The molecule has 0 bridgehead atoms. The maximum Gasteiger partial charge on any atom is 0.252 e. The van der Waals surface area contributed by atoms with Crippen LogP contribution in [0.25, 0.3) is 0 Å². The van der Waals surface area contributed by atoms with Gasteiger partial charge < -0.3 is 9.72 Å². The fourth-order valence-corrected chi connectivity index (χ4v) is 3.68. The van der Waals surface area contributed by atoms with Gasteiger partial charge in [-0.15, -0.1) is 0 Å². The summed E-state index contributed by atoms with van der Waals surface area (Å²) >= 11 is 0. The van der Waals surface area contributed by atoms with Crippen molar-refractivity contribution in [3.05, 3.63) is 58.1 Å². The number of piperidine rings is 1. The quantitative estimate of drug-likeness (QED) is 0.675. The Hall–Kier alpha value is -2.65. The minimum Gasteiger partial charge on any atom is -0.477 e. The molecule has 2 aromatic heterocycles. The first-order chi connectivity index (χ1) is 13.8. The van der Waals surface area contributed by atoms with E-state index in [1.165, 1.54) is 0 Å². The summed E-state index contributed by atoms with van der Waals surface area (Å²) in [4.78, 5) is 21.3. The zero-order valence-electron chi connectivity index (χ0n) is 16.3. The second-order valence-electron chi connectivity index (χ2n) is 7.36. The molecule has 0 radical (unpaired) electrons. The van der Waals surface area contributed by atoms with Crippen LogP contribution < -0.4 is 10.3 Å². The Morgan fingerprint density at radius 1 is 1.25 bits per heavy atom. The number of H-pyrrole nitrogens is 1. The highest BCUT2D eigenvalue weighted by Crippen LogP contribution is 2.25. The summed E-state index contributed by atoms with van der Waals surface area (Å²) in [6.45, 7) is 3.33. The highest BCUT2D eigenvalue weighted by Gasteiger charge is 2.20. The van der Waals surface area contributed by atoms with Gasteiger partial charge in [-0.25, -0.2) is 4.98 Å². The molecule has 1 N–H and O–H groups in total. The smallest absolute Gasteiger partial charge is 0.252 e. The van der Waals surface area contributed by atoms with E-state index in [2.05, 4.69) is 27.0 Å². The van der Waals surface area contributed by atoms with Gasteiger partial charge in [0.05, 0.1) is 12.7 Å². The number of aromatic nitrogens is 2. The number of hydrogen-bond acceptors (Lipinski definition) is 5. The third kappa shape index (κ3) is 5.93. The van der Waals surface area contributed by atoms with Crippen LogP contribution in [0, 0.1) is 17.2 Å². The summed E-state index contributed by atoms with van der Waals surface area (Å²) in [6, 6.07) is 9.97. The van der Waals surface area contributed by atoms with Crippen molar-refractivity contribution < 1.29 is 4.74 Å². The molecule has 2 aromatic rings. The van der Waals surface area contributed by atoms with Gasteiger partial charge >= 0.3 is 0 Å². The Kier molecular flexibility index (Phi) is 7.62. The molecule has 0 aromatic carbocycles. The van der Waals surface area contributed by atoms with Gasteiger partial charge in [0.2, 0.25) is 5.88 Å². The summed E-state index contributed by atoms with van der Waals surface area (Å²) in [5.41, 5.74) is 2.01. The molecule has 0 aliphatic carbocycles. The fraction of sp³-hybridized carbons (Fsp3) is 0.500. The Balaban J connectivity index is 1.44. The number of pyridine rings is 2. The van der Waals surface area contributed by atoms with Gasteiger partial charge in [-0.3, -0.25) is 9.69 Å². The van der Waals surface area contributed by atoms with Crippen LogP contribution >= 0.6 is 0 Å². The van der Waals surface area contributed by atoms with Crippen LogP contribution in [0.5, 0.6) is 5.88 Å². The second-order valence-corrected chi connectivity index (χ2v) is 7.36. The average molecular weight is 380 g/mol. The molecule has 1 fully saturated rings. The van der Waals surface area contributed by atoms with Crippen LogP contribution in [0.15, 0.2) is 41.5 Å². The normalized spacial score (nSPS) is 15.2. The maximum absolute atomic E-state index is 11.8. The van der Waals surface area contributed by atoms with Gasteiger partial charge in [-0.05, 0) is 63.2 Å². The molecule has 0 saturated carbocycles. The first-order valence-electron chi connectivity index (χ1n) is 10.1. The van der Waals surface area contributed by atoms with Crippen molar-refractivity contribution in [3.63, 3.8) is 0 Å². The number of nitrogens with zero attached hydrogens (tertiary/aromatic N) is 3. The third-order valence-electron chi connectivity index (χ3n) is 5.34. The Bertz CT molecular complexity index is 835. The standard InChI is InChI=1S/C22H28N4O2/c23-11-1-2-16-28-22-19(5-3-13-25-22)8-7-18-9-14-26(15-10-18)17-20-6-4-12-24-21(20)27/h3-6,12-13,18H,1-2,7-10,14-17H2,(H,24,27). The van der Waals surface area contributed by atoms with E-state index in [0.29, 0.717) is 24.8 Å². The van der Waals surface area contributed by atoms with E-state index >= 15 is 0 Å². The van der Waals surface area contributed by atoms with Crippen molar-refractivity contribution in [2.75, 3.05) is 19.7 Å². The number of ether oxygens (including phenoxy) is 1. The molecule has 6 nitrogen and oxygen atoms in total. The lowest BCUT2D eigenvalue weighted by Gasteiger charge is -2.31. The lowest BCUT2D eigenvalue weighted by Crippen LogP contribution is -2.35. The molecule has 3 rings (SSSR count).